The highest BCUT2D eigenvalue weighted by Crippen LogP contribution is 2.14. The Bertz CT molecular complexity index is 925. The first-order valence-electron chi connectivity index (χ1n) is 8.21. The fourth-order valence-corrected chi connectivity index (χ4v) is 2.54. The third-order valence-electron chi connectivity index (χ3n) is 3.90. The van der Waals surface area contributed by atoms with E-state index < -0.39 is 0 Å². The second-order valence-corrected chi connectivity index (χ2v) is 5.69. The standard InChI is InChI=1S/C18H18FN5O2/c19-14-11-20-8-5-12(14)6-9-21-16(25)7-10-22-18(26)17-13-3-1-2-4-15(13)23-24-17/h1-5,8,11H,6-7,9-10H2,(H,21,25)(H,22,26)(H,23,24). The van der Waals surface area contributed by atoms with Gasteiger partial charge in [0.15, 0.2) is 5.69 Å². The second kappa shape index (κ2) is 8.19. The molecular weight excluding hydrogens is 337 g/mol. The lowest BCUT2D eigenvalue weighted by Gasteiger charge is -2.07. The van der Waals surface area contributed by atoms with Gasteiger partial charge in [0, 0.05) is 31.1 Å². The largest absolute Gasteiger partial charge is 0.356 e. The number of carbonyl (C=O) groups is 2. The van der Waals surface area contributed by atoms with Crippen molar-refractivity contribution in [1.82, 2.24) is 25.8 Å². The highest BCUT2D eigenvalue weighted by molar-refractivity contribution is 6.04. The first-order valence-corrected chi connectivity index (χ1v) is 8.21. The predicted octanol–water partition coefficient (Wildman–Crippen LogP) is 1.58. The highest BCUT2D eigenvalue weighted by Gasteiger charge is 2.13. The summed E-state index contributed by atoms with van der Waals surface area (Å²) < 4.78 is 13.4. The number of hydrogen-bond acceptors (Lipinski definition) is 4. The fraction of sp³-hybridized carbons (Fsp3) is 0.222. The lowest BCUT2D eigenvalue weighted by molar-refractivity contribution is -0.120. The van der Waals surface area contributed by atoms with E-state index in [0.29, 0.717) is 24.2 Å². The van der Waals surface area contributed by atoms with Crippen molar-refractivity contribution in [3.05, 3.63) is 59.8 Å². The van der Waals surface area contributed by atoms with E-state index in [0.717, 1.165) is 17.1 Å². The molecule has 2 amide bonds. The topological polar surface area (TPSA) is 99.8 Å². The molecule has 1 aromatic carbocycles. The number of carbonyl (C=O) groups excluding carboxylic acids is 2. The third kappa shape index (κ3) is 4.21. The molecule has 0 saturated carbocycles. The van der Waals surface area contributed by atoms with Crippen molar-refractivity contribution >= 4 is 22.7 Å². The Kier molecular flexibility index (Phi) is 5.52. The molecule has 7 nitrogen and oxygen atoms in total. The van der Waals surface area contributed by atoms with E-state index in [1.807, 2.05) is 18.2 Å². The summed E-state index contributed by atoms with van der Waals surface area (Å²) in [6.45, 7) is 0.507. The van der Waals surface area contributed by atoms with Crippen LogP contribution in [0.25, 0.3) is 10.9 Å². The van der Waals surface area contributed by atoms with E-state index >= 15 is 0 Å². The number of para-hydroxylation sites is 1. The molecule has 2 heterocycles. The SMILES string of the molecule is O=C(CCNC(=O)c1n[nH]c2ccccc12)NCCc1ccncc1F. The quantitative estimate of drug-likeness (QED) is 0.599. The van der Waals surface area contributed by atoms with Gasteiger partial charge in [0.25, 0.3) is 5.91 Å². The van der Waals surface area contributed by atoms with Crippen LogP contribution in [0.2, 0.25) is 0 Å². The van der Waals surface area contributed by atoms with Crippen molar-refractivity contribution in [3.8, 4) is 0 Å². The van der Waals surface area contributed by atoms with Gasteiger partial charge in [0.2, 0.25) is 5.91 Å². The molecule has 0 radical (unpaired) electrons. The van der Waals surface area contributed by atoms with Gasteiger partial charge < -0.3 is 10.6 Å². The number of nitrogens with one attached hydrogen (secondary N) is 3. The number of hydrogen-bond donors (Lipinski definition) is 3. The van der Waals surface area contributed by atoms with Crippen LogP contribution in [0.5, 0.6) is 0 Å². The Labute approximate surface area is 149 Å². The molecule has 8 heteroatoms. The Morgan fingerprint density at radius 3 is 2.81 bits per heavy atom. The molecular formula is C18H18FN5O2. The number of fused-ring (bicyclic) bond motifs is 1. The third-order valence-corrected chi connectivity index (χ3v) is 3.90. The fourth-order valence-electron chi connectivity index (χ4n) is 2.54. The number of aromatic amines is 1. The molecule has 26 heavy (non-hydrogen) atoms. The van der Waals surface area contributed by atoms with Gasteiger partial charge in [-0.05, 0) is 24.1 Å². The normalized spacial score (nSPS) is 10.7. The van der Waals surface area contributed by atoms with Gasteiger partial charge >= 0.3 is 0 Å². The van der Waals surface area contributed by atoms with Gasteiger partial charge in [-0.25, -0.2) is 4.39 Å². The highest BCUT2D eigenvalue weighted by atomic mass is 19.1. The number of nitrogens with zero attached hydrogens (tertiary/aromatic N) is 2. The van der Waals surface area contributed by atoms with E-state index in [1.165, 1.54) is 6.20 Å². The molecule has 3 N–H and O–H groups in total. The summed E-state index contributed by atoms with van der Waals surface area (Å²) in [7, 11) is 0. The average Bonchev–Trinajstić information content (AvgIpc) is 3.07. The van der Waals surface area contributed by atoms with Gasteiger partial charge in [-0.15, -0.1) is 0 Å². The Morgan fingerprint density at radius 1 is 1.12 bits per heavy atom. The first-order chi connectivity index (χ1) is 12.6. The number of rotatable bonds is 7. The number of halogens is 1. The van der Waals surface area contributed by atoms with E-state index in [1.54, 1.807) is 12.1 Å². The van der Waals surface area contributed by atoms with Crippen LogP contribution in [0.3, 0.4) is 0 Å². The average molecular weight is 355 g/mol. The molecule has 0 aliphatic rings. The van der Waals surface area contributed by atoms with Crippen molar-refractivity contribution in [2.45, 2.75) is 12.8 Å². The summed E-state index contributed by atoms with van der Waals surface area (Å²) in [5.41, 5.74) is 1.58. The van der Waals surface area contributed by atoms with E-state index in [9.17, 15) is 14.0 Å². The molecule has 0 atom stereocenters. The summed E-state index contributed by atoms with van der Waals surface area (Å²) in [5.74, 6) is -0.944. The van der Waals surface area contributed by atoms with Crippen LogP contribution in [0, 0.1) is 5.82 Å². The zero-order valence-corrected chi connectivity index (χ0v) is 14.0. The Morgan fingerprint density at radius 2 is 1.96 bits per heavy atom. The molecule has 0 bridgehead atoms. The second-order valence-electron chi connectivity index (χ2n) is 5.69. The molecule has 3 rings (SSSR count). The summed E-state index contributed by atoms with van der Waals surface area (Å²) in [4.78, 5) is 27.6. The predicted molar refractivity (Wildman–Crippen MR) is 94.0 cm³/mol. The lowest BCUT2D eigenvalue weighted by atomic mass is 10.2. The Hall–Kier alpha value is -3.29. The van der Waals surface area contributed by atoms with E-state index in [-0.39, 0.29) is 30.6 Å². The summed E-state index contributed by atoms with van der Waals surface area (Å²) in [6, 6.07) is 8.89. The minimum atomic E-state index is -0.389. The molecule has 0 spiro atoms. The Balaban J connectivity index is 1.41. The van der Waals surface area contributed by atoms with Crippen LogP contribution in [-0.4, -0.2) is 40.1 Å². The number of amides is 2. The van der Waals surface area contributed by atoms with Crippen LogP contribution >= 0.6 is 0 Å². The monoisotopic (exact) mass is 355 g/mol. The first kappa shape index (κ1) is 17.5. The lowest BCUT2D eigenvalue weighted by Crippen LogP contribution is -2.32. The maximum atomic E-state index is 13.4. The maximum absolute atomic E-state index is 13.4. The molecule has 0 saturated heterocycles. The van der Waals surface area contributed by atoms with Gasteiger partial charge in [0.1, 0.15) is 5.82 Å². The van der Waals surface area contributed by atoms with Crippen molar-refractivity contribution in [2.24, 2.45) is 0 Å². The van der Waals surface area contributed by atoms with Crippen LogP contribution in [0.1, 0.15) is 22.5 Å². The number of pyridine rings is 1. The van der Waals surface area contributed by atoms with Gasteiger partial charge in [-0.3, -0.25) is 19.7 Å². The van der Waals surface area contributed by atoms with E-state index in [2.05, 4.69) is 25.8 Å². The minimum Gasteiger partial charge on any atom is -0.356 e. The smallest absolute Gasteiger partial charge is 0.272 e. The van der Waals surface area contributed by atoms with Crippen molar-refractivity contribution < 1.29 is 14.0 Å². The van der Waals surface area contributed by atoms with Gasteiger partial charge in [-0.2, -0.15) is 5.10 Å². The summed E-state index contributed by atoms with van der Waals surface area (Å²) in [5, 5.41) is 12.9. The summed E-state index contributed by atoms with van der Waals surface area (Å²) in [6.07, 6.45) is 3.17. The van der Waals surface area contributed by atoms with Crippen LogP contribution in [-0.2, 0) is 11.2 Å². The van der Waals surface area contributed by atoms with Crippen LogP contribution in [0.15, 0.2) is 42.7 Å². The maximum Gasteiger partial charge on any atom is 0.272 e. The van der Waals surface area contributed by atoms with Gasteiger partial charge in [-0.1, -0.05) is 18.2 Å². The van der Waals surface area contributed by atoms with Crippen molar-refractivity contribution in [1.29, 1.82) is 0 Å². The molecule has 134 valence electrons. The number of H-pyrrole nitrogens is 1. The van der Waals surface area contributed by atoms with E-state index in [4.69, 9.17) is 0 Å². The molecule has 2 aromatic heterocycles. The zero-order valence-electron chi connectivity index (χ0n) is 14.0. The molecule has 0 aliphatic carbocycles. The number of aromatic nitrogens is 3. The molecule has 0 aliphatic heterocycles. The van der Waals surface area contributed by atoms with Gasteiger partial charge in [0.05, 0.1) is 11.7 Å². The zero-order chi connectivity index (χ0) is 18.4. The molecule has 3 aromatic rings. The van der Waals surface area contributed by atoms with Crippen molar-refractivity contribution in [2.75, 3.05) is 13.1 Å². The molecule has 0 unspecified atom stereocenters. The van der Waals surface area contributed by atoms with Crippen molar-refractivity contribution in [3.63, 3.8) is 0 Å². The van der Waals surface area contributed by atoms with Crippen LogP contribution in [0.4, 0.5) is 4.39 Å². The summed E-state index contributed by atoms with van der Waals surface area (Å²) >= 11 is 0. The molecule has 0 fully saturated rings. The van der Waals surface area contributed by atoms with Crippen LogP contribution < -0.4 is 10.6 Å². The number of benzene rings is 1. The minimum absolute atomic E-state index is 0.132.